The number of carbonyl (C=O) groups excluding carboxylic acids is 1. The zero-order valence-corrected chi connectivity index (χ0v) is 17.7. The van der Waals surface area contributed by atoms with Gasteiger partial charge in [-0.25, -0.2) is 8.42 Å². The van der Waals surface area contributed by atoms with Crippen LogP contribution < -0.4 is 0 Å². The summed E-state index contributed by atoms with van der Waals surface area (Å²) in [5, 5.41) is 9.24. The molecule has 0 N–H and O–H groups in total. The Morgan fingerprint density at radius 2 is 2.13 bits per heavy atom. The highest BCUT2D eigenvalue weighted by Gasteiger charge is 2.48. The zero-order valence-electron chi connectivity index (χ0n) is 16.9. The molecule has 0 radical (unpaired) electrons. The summed E-state index contributed by atoms with van der Waals surface area (Å²) in [6, 6.07) is 4.21. The fraction of sp³-hybridized carbons (Fsp3) is 0.522. The Bertz CT molecular complexity index is 1120. The fourth-order valence-electron chi connectivity index (χ4n) is 4.41. The molecule has 0 unspecified atom stereocenters. The van der Waals surface area contributed by atoms with E-state index in [9.17, 15) is 18.5 Å². The molecule has 1 aromatic heterocycles. The molecule has 0 bridgehead atoms. The third-order valence-electron chi connectivity index (χ3n) is 6.63. The van der Waals surface area contributed by atoms with Crippen molar-refractivity contribution in [3.63, 3.8) is 0 Å². The molecule has 6 nitrogen and oxygen atoms in total. The number of carbonyl (C=O) groups is 1. The second-order valence-electron chi connectivity index (χ2n) is 9.03. The number of hydrogen-bond acceptors (Lipinski definition) is 5. The number of Topliss-reactive ketones (excluding diaryl/α,β-unsaturated/α-hetero) is 1. The highest BCUT2D eigenvalue weighted by atomic mass is 32.2. The van der Waals surface area contributed by atoms with Crippen molar-refractivity contribution in [3.05, 3.63) is 40.7 Å². The van der Waals surface area contributed by atoms with Crippen LogP contribution in [0.25, 0.3) is 11.6 Å². The van der Waals surface area contributed by atoms with Crippen LogP contribution in [0.5, 0.6) is 0 Å². The minimum atomic E-state index is -3.44. The number of rotatable bonds is 7. The summed E-state index contributed by atoms with van der Waals surface area (Å²) < 4.78 is 27.0. The van der Waals surface area contributed by atoms with Gasteiger partial charge in [-0.1, -0.05) is 18.2 Å². The van der Waals surface area contributed by atoms with E-state index in [-0.39, 0.29) is 17.5 Å². The molecule has 5 rings (SSSR count). The maximum Gasteiger partial charge on any atom is 0.215 e. The van der Waals surface area contributed by atoms with Gasteiger partial charge in [0.25, 0.3) is 0 Å². The number of nitrogens with zero attached hydrogens (tertiary/aromatic N) is 3. The van der Waals surface area contributed by atoms with E-state index in [1.807, 2.05) is 12.1 Å². The molecule has 156 valence electrons. The summed E-state index contributed by atoms with van der Waals surface area (Å²) in [5.74, 6) is 0.429. The lowest BCUT2D eigenvalue weighted by Gasteiger charge is -2.27. The Morgan fingerprint density at radius 3 is 2.77 bits per heavy atom. The Morgan fingerprint density at radius 1 is 1.33 bits per heavy atom. The van der Waals surface area contributed by atoms with Crippen molar-refractivity contribution in [3.8, 4) is 6.07 Å². The van der Waals surface area contributed by atoms with Crippen LogP contribution >= 0.6 is 0 Å². The average Bonchev–Trinajstić information content (AvgIpc) is 3.66. The van der Waals surface area contributed by atoms with Crippen LogP contribution in [0.3, 0.4) is 0 Å². The van der Waals surface area contributed by atoms with Gasteiger partial charge in [0.2, 0.25) is 10.0 Å². The van der Waals surface area contributed by atoms with E-state index in [2.05, 4.69) is 18.2 Å². The lowest BCUT2D eigenvalue weighted by atomic mass is 9.94. The largest absolute Gasteiger partial charge is 0.299 e. The molecular weight excluding hydrogens is 398 g/mol. The first-order chi connectivity index (χ1) is 14.4. The van der Waals surface area contributed by atoms with Crippen molar-refractivity contribution in [2.45, 2.75) is 44.9 Å². The van der Waals surface area contributed by atoms with Gasteiger partial charge < -0.3 is 0 Å². The SMILES string of the molecule is N#CC1(CS(=O)(=O)N2CC=C(c3cc(CC(=O)C4CC4)nc4c3C=CC4)CC2)CC1. The standard InChI is InChI=1S/C23H25N3O3S/c24-14-23(8-9-23)15-30(28,29)26-10-6-16(7-11-26)20-12-18(13-22(27)17-4-5-17)25-21-3-1-2-19(20)21/h1-2,6,12,17H,3-5,7-11,13,15H2. The van der Waals surface area contributed by atoms with E-state index in [0.717, 1.165) is 47.4 Å². The van der Waals surface area contributed by atoms with Crippen LogP contribution in [-0.2, 0) is 27.7 Å². The molecular formula is C23H25N3O3S. The lowest BCUT2D eigenvalue weighted by molar-refractivity contribution is -0.119. The fourth-order valence-corrected chi connectivity index (χ4v) is 6.31. The summed E-state index contributed by atoms with van der Waals surface area (Å²) in [4.78, 5) is 17.0. The number of pyridine rings is 1. The van der Waals surface area contributed by atoms with Gasteiger partial charge in [0.1, 0.15) is 5.78 Å². The normalized spacial score (nSPS) is 22.3. The molecule has 0 amide bonds. The smallest absolute Gasteiger partial charge is 0.215 e. The van der Waals surface area contributed by atoms with Gasteiger partial charge in [-0.05, 0) is 49.3 Å². The van der Waals surface area contributed by atoms with Crippen LogP contribution in [0.4, 0.5) is 0 Å². The van der Waals surface area contributed by atoms with E-state index in [1.165, 1.54) is 4.31 Å². The summed E-state index contributed by atoms with van der Waals surface area (Å²) in [6.45, 7) is 0.753. The van der Waals surface area contributed by atoms with Crippen molar-refractivity contribution < 1.29 is 13.2 Å². The number of allylic oxidation sites excluding steroid dienone is 1. The maximum atomic E-state index is 12.8. The second-order valence-corrected chi connectivity index (χ2v) is 11.0. The van der Waals surface area contributed by atoms with Crippen LogP contribution in [0.15, 0.2) is 18.2 Å². The number of hydrogen-bond donors (Lipinski definition) is 0. The highest BCUT2D eigenvalue weighted by Crippen LogP contribution is 2.46. The van der Waals surface area contributed by atoms with Gasteiger partial charge in [-0.2, -0.15) is 9.57 Å². The van der Waals surface area contributed by atoms with Crippen LogP contribution in [0.1, 0.15) is 54.6 Å². The van der Waals surface area contributed by atoms with Crippen molar-refractivity contribution in [2.24, 2.45) is 11.3 Å². The van der Waals surface area contributed by atoms with Crippen LogP contribution in [-0.4, -0.2) is 42.3 Å². The van der Waals surface area contributed by atoms with Crippen molar-refractivity contribution in [1.29, 1.82) is 5.26 Å². The van der Waals surface area contributed by atoms with Gasteiger partial charge in [-0.15, -0.1) is 0 Å². The van der Waals surface area contributed by atoms with Gasteiger partial charge in [0.05, 0.1) is 22.9 Å². The van der Waals surface area contributed by atoms with Gasteiger partial charge >= 0.3 is 0 Å². The molecule has 7 heteroatoms. The Labute approximate surface area is 177 Å². The molecule has 0 saturated heterocycles. The van der Waals surface area contributed by atoms with E-state index >= 15 is 0 Å². The molecule has 0 atom stereocenters. The first-order valence-corrected chi connectivity index (χ1v) is 12.3. The van der Waals surface area contributed by atoms with E-state index in [4.69, 9.17) is 4.98 Å². The molecule has 4 aliphatic rings. The minimum Gasteiger partial charge on any atom is -0.299 e. The van der Waals surface area contributed by atoms with Crippen molar-refractivity contribution >= 4 is 27.5 Å². The van der Waals surface area contributed by atoms with Gasteiger partial charge in [0, 0.05) is 43.1 Å². The molecule has 0 spiro atoms. The Balaban J connectivity index is 1.37. The molecule has 0 aromatic carbocycles. The number of ketones is 1. The van der Waals surface area contributed by atoms with Crippen molar-refractivity contribution in [1.82, 2.24) is 9.29 Å². The summed E-state index contributed by atoms with van der Waals surface area (Å²) in [7, 11) is -3.44. The van der Waals surface area contributed by atoms with Crippen LogP contribution in [0, 0.1) is 22.7 Å². The molecule has 1 aromatic rings. The molecule has 2 fully saturated rings. The summed E-state index contributed by atoms with van der Waals surface area (Å²) in [5.41, 5.74) is 4.47. The number of nitriles is 1. The van der Waals surface area contributed by atoms with E-state index < -0.39 is 15.4 Å². The molecule has 1 aliphatic heterocycles. The first-order valence-electron chi connectivity index (χ1n) is 10.7. The summed E-state index contributed by atoms with van der Waals surface area (Å²) >= 11 is 0. The van der Waals surface area contributed by atoms with Gasteiger partial charge in [-0.3, -0.25) is 9.78 Å². The third-order valence-corrected chi connectivity index (χ3v) is 8.67. The zero-order chi connectivity index (χ0) is 20.9. The second kappa shape index (κ2) is 7.14. The Hall–Kier alpha value is -2.30. The van der Waals surface area contributed by atoms with E-state index in [1.54, 1.807) is 0 Å². The number of fused-ring (bicyclic) bond motifs is 1. The summed E-state index contributed by atoms with van der Waals surface area (Å²) in [6.07, 6.45) is 11.3. The third kappa shape index (κ3) is 3.75. The predicted octanol–water partition coefficient (Wildman–Crippen LogP) is 2.90. The first kappa shape index (κ1) is 19.7. The monoisotopic (exact) mass is 423 g/mol. The molecule has 2 saturated carbocycles. The Kier molecular flexibility index (Phi) is 4.68. The van der Waals surface area contributed by atoms with Crippen LogP contribution in [0.2, 0.25) is 0 Å². The van der Waals surface area contributed by atoms with Crippen molar-refractivity contribution in [2.75, 3.05) is 18.8 Å². The number of sulfonamides is 1. The molecule has 3 aliphatic carbocycles. The average molecular weight is 424 g/mol. The maximum absolute atomic E-state index is 12.8. The molecule has 30 heavy (non-hydrogen) atoms. The topological polar surface area (TPSA) is 91.1 Å². The minimum absolute atomic E-state index is 0.0690. The lowest BCUT2D eigenvalue weighted by Crippen LogP contribution is -2.38. The number of aromatic nitrogens is 1. The van der Waals surface area contributed by atoms with Gasteiger partial charge in [0.15, 0.2) is 0 Å². The van der Waals surface area contributed by atoms with E-state index in [0.29, 0.717) is 38.8 Å². The quantitative estimate of drug-likeness (QED) is 0.672. The highest BCUT2D eigenvalue weighted by molar-refractivity contribution is 7.89. The molecule has 2 heterocycles. The predicted molar refractivity (Wildman–Crippen MR) is 114 cm³/mol.